The van der Waals surface area contributed by atoms with Crippen molar-refractivity contribution in [2.24, 2.45) is 17.1 Å². The van der Waals surface area contributed by atoms with Crippen LogP contribution in [0.25, 0.3) is 0 Å². The van der Waals surface area contributed by atoms with Crippen molar-refractivity contribution in [2.45, 2.75) is 53.3 Å². The molecule has 0 aromatic rings. The minimum atomic E-state index is -0.193. The van der Waals surface area contributed by atoms with Gasteiger partial charge >= 0.3 is 7.12 Å². The maximum absolute atomic E-state index is 5.94. The van der Waals surface area contributed by atoms with E-state index in [4.69, 9.17) is 15.0 Å². The zero-order chi connectivity index (χ0) is 10.9. The lowest BCUT2D eigenvalue weighted by atomic mass is 9.71. The maximum atomic E-state index is 5.94. The van der Waals surface area contributed by atoms with Crippen LogP contribution >= 0.6 is 12.4 Å². The van der Waals surface area contributed by atoms with E-state index in [2.05, 4.69) is 34.6 Å². The third-order valence-corrected chi connectivity index (χ3v) is 2.32. The van der Waals surface area contributed by atoms with Crippen molar-refractivity contribution >= 4 is 19.5 Å². The van der Waals surface area contributed by atoms with Crippen molar-refractivity contribution in [3.8, 4) is 0 Å². The lowest BCUT2D eigenvalue weighted by molar-refractivity contribution is -0.176. The minimum Gasteiger partial charge on any atom is -0.385 e. The third kappa shape index (κ3) is 4.31. The van der Waals surface area contributed by atoms with Crippen LogP contribution in [0.15, 0.2) is 0 Å². The van der Waals surface area contributed by atoms with Gasteiger partial charge in [-0.3, -0.25) is 0 Å². The average molecular weight is 236 g/mol. The van der Waals surface area contributed by atoms with E-state index in [1.807, 2.05) is 0 Å². The molecule has 5 heteroatoms. The molecule has 1 aliphatic rings. The quantitative estimate of drug-likeness (QED) is 0.763. The van der Waals surface area contributed by atoms with E-state index in [0.717, 1.165) is 6.42 Å². The third-order valence-electron chi connectivity index (χ3n) is 2.32. The molecule has 3 nitrogen and oxygen atoms in total. The second kappa shape index (κ2) is 5.53. The van der Waals surface area contributed by atoms with Crippen molar-refractivity contribution in [3.05, 3.63) is 0 Å². The predicted octanol–water partition coefficient (Wildman–Crippen LogP) is 2.23. The van der Waals surface area contributed by atoms with E-state index < -0.39 is 0 Å². The largest absolute Gasteiger partial charge is 0.478 e. The van der Waals surface area contributed by atoms with Gasteiger partial charge in [0.15, 0.2) is 0 Å². The van der Waals surface area contributed by atoms with Gasteiger partial charge in [0, 0.05) is 11.4 Å². The first-order valence-electron chi connectivity index (χ1n) is 5.37. The van der Waals surface area contributed by atoms with E-state index in [-0.39, 0.29) is 37.2 Å². The summed E-state index contributed by atoms with van der Waals surface area (Å²) < 4.78 is 11.2. The van der Waals surface area contributed by atoms with Crippen LogP contribution in [0.4, 0.5) is 0 Å². The first-order valence-corrected chi connectivity index (χ1v) is 5.37. The van der Waals surface area contributed by atoms with Gasteiger partial charge < -0.3 is 15.0 Å². The molecule has 1 saturated heterocycles. The van der Waals surface area contributed by atoms with Crippen LogP contribution in [0.3, 0.4) is 0 Å². The average Bonchev–Trinajstić information content (AvgIpc) is 1.75. The molecule has 0 aromatic carbocycles. The zero-order valence-corrected chi connectivity index (χ0v) is 11.1. The normalized spacial score (nSPS) is 19.8. The van der Waals surface area contributed by atoms with E-state index in [0.29, 0.717) is 5.92 Å². The Morgan fingerprint density at radius 3 is 2.07 bits per heavy atom. The standard InChI is InChI=1S/C10H22BNO2.ClH/c1-7(2)6-8(12)11-13-9(14-11)10(3,4)5;/h7-9H,6,12H2,1-5H3;1H/t8-;/m0./s1. The van der Waals surface area contributed by atoms with Crippen molar-refractivity contribution < 1.29 is 9.31 Å². The lowest BCUT2D eigenvalue weighted by Crippen LogP contribution is -2.60. The Bertz CT molecular complexity index is 190. The van der Waals surface area contributed by atoms with Gasteiger partial charge in [0.1, 0.15) is 6.29 Å². The molecule has 0 aromatic heterocycles. The summed E-state index contributed by atoms with van der Waals surface area (Å²) >= 11 is 0. The highest BCUT2D eigenvalue weighted by molar-refractivity contribution is 6.48. The molecule has 1 aliphatic heterocycles. The topological polar surface area (TPSA) is 44.5 Å². The summed E-state index contributed by atoms with van der Waals surface area (Å²) in [6.07, 6.45) is 0.854. The van der Waals surface area contributed by atoms with Crippen molar-refractivity contribution in [1.29, 1.82) is 0 Å². The predicted molar refractivity (Wildman–Crippen MR) is 65.8 cm³/mol. The molecule has 2 N–H and O–H groups in total. The fourth-order valence-corrected chi connectivity index (χ4v) is 1.52. The number of hydrogen-bond acceptors (Lipinski definition) is 3. The van der Waals surface area contributed by atoms with Gasteiger partial charge in [0.25, 0.3) is 0 Å². The van der Waals surface area contributed by atoms with Crippen LogP contribution in [-0.4, -0.2) is 19.3 Å². The Hall–Kier alpha value is 0.235. The Balaban J connectivity index is 0.00000196. The maximum Gasteiger partial charge on any atom is 0.478 e. The number of hydrogen-bond donors (Lipinski definition) is 1. The van der Waals surface area contributed by atoms with Gasteiger partial charge in [0.05, 0.1) is 0 Å². The van der Waals surface area contributed by atoms with Crippen LogP contribution in [-0.2, 0) is 9.31 Å². The highest BCUT2D eigenvalue weighted by Gasteiger charge is 2.46. The van der Waals surface area contributed by atoms with E-state index >= 15 is 0 Å². The Morgan fingerprint density at radius 2 is 1.73 bits per heavy atom. The zero-order valence-electron chi connectivity index (χ0n) is 10.3. The Morgan fingerprint density at radius 1 is 1.27 bits per heavy atom. The van der Waals surface area contributed by atoms with Gasteiger partial charge in [-0.1, -0.05) is 34.6 Å². The van der Waals surface area contributed by atoms with Gasteiger partial charge in [0.2, 0.25) is 0 Å². The molecule has 1 fully saturated rings. The molecule has 0 aliphatic carbocycles. The van der Waals surface area contributed by atoms with Crippen LogP contribution in [0.1, 0.15) is 41.0 Å². The summed E-state index contributed by atoms with van der Waals surface area (Å²) in [5.41, 5.74) is 5.99. The van der Waals surface area contributed by atoms with Gasteiger partial charge in [-0.15, -0.1) is 12.4 Å². The van der Waals surface area contributed by atoms with Crippen molar-refractivity contribution in [3.63, 3.8) is 0 Å². The highest BCUT2D eigenvalue weighted by Crippen LogP contribution is 2.32. The number of nitrogens with two attached hydrogens (primary N) is 1. The number of halogens is 1. The summed E-state index contributed by atoms with van der Waals surface area (Å²) in [4.78, 5) is 0. The van der Waals surface area contributed by atoms with Crippen molar-refractivity contribution in [1.82, 2.24) is 0 Å². The molecule has 1 rings (SSSR count). The Kier molecular flexibility index (Phi) is 5.62. The summed E-state index contributed by atoms with van der Waals surface area (Å²) in [5, 5.41) is 0. The molecule has 0 unspecified atom stereocenters. The lowest BCUT2D eigenvalue weighted by Gasteiger charge is -2.44. The molecule has 0 bridgehead atoms. The molecular weight excluding hydrogens is 212 g/mol. The molecule has 90 valence electrons. The Labute approximate surface area is 99.6 Å². The molecular formula is C10H23BClNO2. The number of rotatable bonds is 3. The van der Waals surface area contributed by atoms with Crippen LogP contribution in [0.5, 0.6) is 0 Å². The molecule has 0 spiro atoms. The molecule has 1 heterocycles. The van der Waals surface area contributed by atoms with Gasteiger partial charge in [-0.2, -0.15) is 0 Å². The van der Waals surface area contributed by atoms with Crippen LogP contribution < -0.4 is 5.73 Å². The van der Waals surface area contributed by atoms with Crippen LogP contribution in [0, 0.1) is 11.3 Å². The summed E-state index contributed by atoms with van der Waals surface area (Å²) in [6, 6.07) is 0. The van der Waals surface area contributed by atoms with Gasteiger partial charge in [-0.05, 0) is 12.3 Å². The first kappa shape index (κ1) is 15.2. The minimum absolute atomic E-state index is 0. The van der Waals surface area contributed by atoms with Crippen LogP contribution in [0.2, 0.25) is 0 Å². The van der Waals surface area contributed by atoms with Gasteiger partial charge in [-0.25, -0.2) is 0 Å². The van der Waals surface area contributed by atoms with E-state index in [1.165, 1.54) is 0 Å². The first-order chi connectivity index (χ1) is 6.30. The fourth-order valence-electron chi connectivity index (χ4n) is 1.52. The second-order valence-electron chi connectivity index (χ2n) is 5.63. The monoisotopic (exact) mass is 235 g/mol. The SMILES string of the molecule is CC(C)C[C@H](N)B1OC(C(C)(C)C)O1.Cl. The molecule has 1 atom stereocenters. The smallest absolute Gasteiger partial charge is 0.385 e. The fraction of sp³-hybridized carbons (Fsp3) is 1.00. The summed E-state index contributed by atoms with van der Waals surface area (Å²) in [5.74, 6) is 0.597. The summed E-state index contributed by atoms with van der Waals surface area (Å²) in [7, 11) is -0.193. The molecule has 0 radical (unpaired) electrons. The highest BCUT2D eigenvalue weighted by atomic mass is 35.5. The second-order valence-corrected chi connectivity index (χ2v) is 5.63. The van der Waals surface area contributed by atoms with E-state index in [1.54, 1.807) is 0 Å². The molecule has 0 amide bonds. The van der Waals surface area contributed by atoms with E-state index in [9.17, 15) is 0 Å². The summed E-state index contributed by atoms with van der Waals surface area (Å²) in [6.45, 7) is 10.6. The van der Waals surface area contributed by atoms with Crippen molar-refractivity contribution in [2.75, 3.05) is 0 Å². The molecule has 15 heavy (non-hydrogen) atoms. The molecule has 0 saturated carbocycles.